The van der Waals surface area contributed by atoms with Crippen molar-refractivity contribution in [3.63, 3.8) is 0 Å². The summed E-state index contributed by atoms with van der Waals surface area (Å²) < 4.78 is 11.0. The molecule has 5 heteroatoms. The van der Waals surface area contributed by atoms with E-state index in [9.17, 15) is 5.11 Å². The summed E-state index contributed by atoms with van der Waals surface area (Å²) in [6.07, 6.45) is 0. The van der Waals surface area contributed by atoms with Gasteiger partial charge in [-0.2, -0.15) is 0 Å². The van der Waals surface area contributed by atoms with Crippen LogP contribution in [-0.2, 0) is 0 Å². The lowest BCUT2D eigenvalue weighted by molar-refractivity contribution is 0.311. The molecule has 2 aromatic carbocycles. The number of benzene rings is 2. The molecule has 0 unspecified atom stereocenters. The van der Waals surface area contributed by atoms with E-state index in [0.29, 0.717) is 29.0 Å². The van der Waals surface area contributed by atoms with Gasteiger partial charge in [0.2, 0.25) is 0 Å². The van der Waals surface area contributed by atoms with E-state index in [1.807, 2.05) is 43.4 Å². The summed E-state index contributed by atoms with van der Waals surface area (Å²) in [5.41, 5.74) is 3.37. The number of anilines is 1. The number of aromatic nitrogens is 1. The number of likely N-dealkylation sites (N-methyl/N-ethyl adjacent to an activating group) is 1. The van der Waals surface area contributed by atoms with Gasteiger partial charge in [0.05, 0.1) is 30.6 Å². The number of pyridine rings is 1. The predicted molar refractivity (Wildman–Crippen MR) is 94.2 cm³/mol. The zero-order valence-electron chi connectivity index (χ0n) is 13.6. The average molecular weight is 322 g/mol. The molecule has 4 rings (SSSR count). The van der Waals surface area contributed by atoms with Crippen LogP contribution in [0.4, 0.5) is 5.69 Å². The minimum Gasteiger partial charge on any atom is -0.507 e. The van der Waals surface area contributed by atoms with E-state index in [1.165, 1.54) is 0 Å². The fourth-order valence-corrected chi connectivity index (χ4v) is 2.98. The molecule has 1 aliphatic heterocycles. The Balaban J connectivity index is 1.84. The molecule has 0 saturated carbocycles. The van der Waals surface area contributed by atoms with E-state index < -0.39 is 0 Å². The topological polar surface area (TPSA) is 54.8 Å². The monoisotopic (exact) mass is 322 g/mol. The Morgan fingerprint density at radius 2 is 2.04 bits per heavy atom. The van der Waals surface area contributed by atoms with Crippen molar-refractivity contribution in [1.82, 2.24) is 4.98 Å². The maximum Gasteiger partial charge on any atom is 0.143 e. The molecule has 0 atom stereocenters. The molecule has 0 spiro atoms. The standard InChI is InChI=1S/C19H18N2O3/c1-21-7-8-24-19-9-12(3-6-17(19)21)15-11-18(22)14-5-4-13(23-2)10-16(14)20-15/h3-6,9-11H,7-8H2,1-2H3,(H,20,22). The number of rotatable bonds is 2. The predicted octanol–water partition coefficient (Wildman–Crippen LogP) is 3.44. The first-order chi connectivity index (χ1) is 11.7. The first-order valence-electron chi connectivity index (χ1n) is 7.82. The molecule has 3 aromatic rings. The van der Waals surface area contributed by atoms with Crippen molar-refractivity contribution >= 4 is 16.6 Å². The van der Waals surface area contributed by atoms with Gasteiger partial charge in [-0.1, -0.05) is 6.07 Å². The van der Waals surface area contributed by atoms with Gasteiger partial charge in [0.1, 0.15) is 23.9 Å². The van der Waals surface area contributed by atoms with Crippen molar-refractivity contribution < 1.29 is 14.6 Å². The van der Waals surface area contributed by atoms with Gasteiger partial charge in [-0.05, 0) is 24.3 Å². The minimum atomic E-state index is 0.202. The number of ether oxygens (including phenoxy) is 2. The number of methoxy groups -OCH3 is 1. The van der Waals surface area contributed by atoms with Gasteiger partial charge < -0.3 is 19.5 Å². The normalized spacial score (nSPS) is 13.5. The van der Waals surface area contributed by atoms with Gasteiger partial charge in [-0.15, -0.1) is 0 Å². The Hall–Kier alpha value is -2.95. The smallest absolute Gasteiger partial charge is 0.143 e. The van der Waals surface area contributed by atoms with Crippen LogP contribution < -0.4 is 14.4 Å². The van der Waals surface area contributed by atoms with Crippen molar-refractivity contribution in [3.8, 4) is 28.5 Å². The van der Waals surface area contributed by atoms with Crippen LogP contribution in [0, 0.1) is 0 Å². The van der Waals surface area contributed by atoms with E-state index in [1.54, 1.807) is 13.2 Å². The van der Waals surface area contributed by atoms with E-state index in [0.717, 1.165) is 23.5 Å². The van der Waals surface area contributed by atoms with Gasteiger partial charge in [0, 0.05) is 30.1 Å². The van der Waals surface area contributed by atoms with Crippen LogP contribution in [0.5, 0.6) is 17.2 Å². The second kappa shape index (κ2) is 5.60. The molecule has 1 aliphatic rings. The Labute approximate surface area is 140 Å². The maximum atomic E-state index is 10.3. The average Bonchev–Trinajstić information content (AvgIpc) is 2.61. The summed E-state index contributed by atoms with van der Waals surface area (Å²) in [4.78, 5) is 6.84. The van der Waals surface area contributed by atoms with Crippen LogP contribution in [-0.4, -0.2) is 37.4 Å². The third kappa shape index (κ3) is 2.38. The molecule has 1 N–H and O–H groups in total. The van der Waals surface area contributed by atoms with Crippen LogP contribution in [0.15, 0.2) is 42.5 Å². The fourth-order valence-electron chi connectivity index (χ4n) is 2.98. The Morgan fingerprint density at radius 1 is 1.17 bits per heavy atom. The zero-order chi connectivity index (χ0) is 16.7. The van der Waals surface area contributed by atoms with Crippen molar-refractivity contribution in [1.29, 1.82) is 0 Å². The van der Waals surface area contributed by atoms with Crippen LogP contribution in [0.25, 0.3) is 22.2 Å². The SMILES string of the molecule is COc1ccc2c(O)cc(-c3ccc4c(c3)OCCN4C)nc2c1. The van der Waals surface area contributed by atoms with Gasteiger partial charge in [0.25, 0.3) is 0 Å². The van der Waals surface area contributed by atoms with Crippen molar-refractivity contribution in [2.75, 3.05) is 32.2 Å². The third-order valence-corrected chi connectivity index (χ3v) is 4.35. The van der Waals surface area contributed by atoms with E-state index in [-0.39, 0.29) is 5.75 Å². The molecule has 0 aliphatic carbocycles. The highest BCUT2D eigenvalue weighted by molar-refractivity contribution is 5.89. The summed E-state index contributed by atoms with van der Waals surface area (Å²) in [5, 5.41) is 11.0. The minimum absolute atomic E-state index is 0.202. The number of fused-ring (bicyclic) bond motifs is 2. The molecular formula is C19H18N2O3. The quantitative estimate of drug-likeness (QED) is 0.783. The highest BCUT2D eigenvalue weighted by atomic mass is 16.5. The van der Waals surface area contributed by atoms with Crippen LogP contribution in [0.2, 0.25) is 0 Å². The highest BCUT2D eigenvalue weighted by Crippen LogP contribution is 2.36. The molecule has 122 valence electrons. The number of aromatic hydroxyl groups is 1. The van der Waals surface area contributed by atoms with Gasteiger partial charge in [0.15, 0.2) is 0 Å². The molecule has 2 heterocycles. The van der Waals surface area contributed by atoms with Crippen molar-refractivity contribution in [2.24, 2.45) is 0 Å². The van der Waals surface area contributed by atoms with E-state index in [4.69, 9.17) is 9.47 Å². The van der Waals surface area contributed by atoms with Crippen LogP contribution in [0.3, 0.4) is 0 Å². The van der Waals surface area contributed by atoms with Gasteiger partial charge in [-0.3, -0.25) is 0 Å². The Bertz CT molecular complexity index is 924. The van der Waals surface area contributed by atoms with Gasteiger partial charge >= 0.3 is 0 Å². The van der Waals surface area contributed by atoms with Crippen LogP contribution >= 0.6 is 0 Å². The Kier molecular flexibility index (Phi) is 3.41. The highest BCUT2D eigenvalue weighted by Gasteiger charge is 2.16. The molecule has 1 aromatic heterocycles. The summed E-state index contributed by atoms with van der Waals surface area (Å²) in [5.74, 6) is 1.75. The summed E-state index contributed by atoms with van der Waals surface area (Å²) in [7, 11) is 3.66. The lowest BCUT2D eigenvalue weighted by atomic mass is 10.1. The second-order valence-electron chi connectivity index (χ2n) is 5.86. The molecule has 0 fully saturated rings. The van der Waals surface area contributed by atoms with Gasteiger partial charge in [-0.25, -0.2) is 4.98 Å². The van der Waals surface area contributed by atoms with E-state index in [2.05, 4.69) is 9.88 Å². The van der Waals surface area contributed by atoms with Crippen molar-refractivity contribution in [2.45, 2.75) is 0 Å². The molecule has 0 radical (unpaired) electrons. The number of nitrogens with zero attached hydrogens (tertiary/aromatic N) is 2. The van der Waals surface area contributed by atoms with E-state index >= 15 is 0 Å². The van der Waals surface area contributed by atoms with Crippen LogP contribution in [0.1, 0.15) is 0 Å². The third-order valence-electron chi connectivity index (χ3n) is 4.35. The lowest BCUT2D eigenvalue weighted by Gasteiger charge is -2.27. The number of hydrogen-bond acceptors (Lipinski definition) is 5. The van der Waals surface area contributed by atoms with Crippen molar-refractivity contribution in [3.05, 3.63) is 42.5 Å². The molecule has 0 saturated heterocycles. The first kappa shape index (κ1) is 14.6. The second-order valence-corrected chi connectivity index (χ2v) is 5.86. The molecule has 5 nitrogen and oxygen atoms in total. The molecule has 0 amide bonds. The molecule has 0 bridgehead atoms. The fraction of sp³-hybridized carbons (Fsp3) is 0.211. The molecule has 24 heavy (non-hydrogen) atoms. The summed E-state index contributed by atoms with van der Waals surface area (Å²) in [6, 6.07) is 13.1. The number of hydrogen-bond donors (Lipinski definition) is 1. The largest absolute Gasteiger partial charge is 0.507 e. The maximum absolute atomic E-state index is 10.3. The summed E-state index contributed by atoms with van der Waals surface area (Å²) in [6.45, 7) is 1.54. The Morgan fingerprint density at radius 3 is 2.88 bits per heavy atom. The molecular weight excluding hydrogens is 304 g/mol. The summed E-state index contributed by atoms with van der Waals surface area (Å²) >= 11 is 0. The zero-order valence-corrected chi connectivity index (χ0v) is 13.6. The first-order valence-corrected chi connectivity index (χ1v) is 7.82. The lowest BCUT2D eigenvalue weighted by Crippen LogP contribution is -2.28.